The second-order valence-electron chi connectivity index (χ2n) is 9.57. The molecular formula is C24H24F2N6. The molecular weight excluding hydrogens is 410 g/mol. The largest absolute Gasteiger partial charge is 0.364 e. The summed E-state index contributed by atoms with van der Waals surface area (Å²) in [6.45, 7) is 10.0. The summed E-state index contributed by atoms with van der Waals surface area (Å²) >= 11 is 0. The number of nitrogens with zero attached hydrogens (tertiary/aromatic N) is 4. The van der Waals surface area contributed by atoms with Crippen molar-refractivity contribution in [2.45, 2.75) is 57.4 Å². The second-order valence-corrected chi connectivity index (χ2v) is 9.57. The molecule has 0 aliphatic heterocycles. The van der Waals surface area contributed by atoms with Crippen molar-refractivity contribution < 1.29 is 8.78 Å². The number of anilines is 1. The lowest BCUT2D eigenvalue weighted by atomic mass is 9.62. The second kappa shape index (κ2) is 7.22. The summed E-state index contributed by atoms with van der Waals surface area (Å²) in [7, 11) is 0. The summed E-state index contributed by atoms with van der Waals surface area (Å²) in [6.07, 6.45) is 9.19. The van der Waals surface area contributed by atoms with Gasteiger partial charge in [0.1, 0.15) is 5.52 Å². The first-order chi connectivity index (χ1) is 15.5. The van der Waals surface area contributed by atoms with E-state index < -0.39 is 11.8 Å². The summed E-state index contributed by atoms with van der Waals surface area (Å²) in [6, 6.07) is 0.170. The topological polar surface area (TPSA) is 70.8 Å². The summed E-state index contributed by atoms with van der Waals surface area (Å²) in [5, 5.41) is 3.46. The molecule has 8 heteroatoms. The van der Waals surface area contributed by atoms with E-state index in [1.165, 1.54) is 12.8 Å². The number of halogens is 2. The van der Waals surface area contributed by atoms with Crippen molar-refractivity contribution in [3.05, 3.63) is 41.1 Å². The van der Waals surface area contributed by atoms with Crippen LogP contribution in [0, 0.1) is 36.1 Å². The molecule has 7 rings (SSSR count). The van der Waals surface area contributed by atoms with Crippen molar-refractivity contribution in [1.82, 2.24) is 19.9 Å². The normalized spacial score (nSPS) is 26.9. The third kappa shape index (κ3) is 2.98. The molecule has 32 heavy (non-hydrogen) atoms. The standard InChI is InChI=1S/C24H24F2N6/c1-11-12-3-7-14(8-4-12)19(11)31-23-18(26)17(13-5-6-13)22(27-2)20(32-23)15-9-28-24-21(15)30-16(25)10-29-24/h9-14,19H,3-8H2,1H3,(H,28,29)(H,31,32)/t11-,12?,14?,19+/m1/s1. The number of fused-ring (bicyclic) bond motifs is 4. The van der Waals surface area contributed by atoms with Crippen molar-refractivity contribution in [2.75, 3.05) is 5.32 Å². The third-order valence-electron chi connectivity index (χ3n) is 7.79. The van der Waals surface area contributed by atoms with Gasteiger partial charge in [-0.05, 0) is 62.2 Å². The van der Waals surface area contributed by atoms with Crippen LogP contribution in [0.25, 0.3) is 27.3 Å². The van der Waals surface area contributed by atoms with Crippen LogP contribution in [0.15, 0.2) is 12.4 Å². The Kier molecular flexibility index (Phi) is 4.42. The molecule has 4 saturated carbocycles. The number of H-pyrrole nitrogens is 1. The number of nitrogens with one attached hydrogen (secondary N) is 2. The SMILES string of the molecule is [C-]#[N+]c1c(-c2c[nH]c3ncc(F)nc23)nc(N[C@@H]2C3CCC(CC3)[C@H]2C)c(F)c1C1CC1. The number of pyridine rings is 1. The Morgan fingerprint density at radius 3 is 2.53 bits per heavy atom. The van der Waals surface area contributed by atoms with E-state index in [1.807, 2.05) is 0 Å². The molecule has 2 atom stereocenters. The molecule has 3 heterocycles. The van der Waals surface area contributed by atoms with Crippen molar-refractivity contribution in [3.8, 4) is 11.3 Å². The first-order valence-electron chi connectivity index (χ1n) is 11.4. The summed E-state index contributed by atoms with van der Waals surface area (Å²) in [5.41, 5.74) is 2.14. The van der Waals surface area contributed by atoms with Gasteiger partial charge in [0.25, 0.3) is 0 Å². The average molecular weight is 434 g/mol. The van der Waals surface area contributed by atoms with Gasteiger partial charge in [-0.25, -0.2) is 24.2 Å². The number of hydrogen-bond acceptors (Lipinski definition) is 4. The maximum absolute atomic E-state index is 15.8. The Hall–Kier alpha value is -3.08. The van der Waals surface area contributed by atoms with E-state index in [0.717, 1.165) is 31.9 Å². The highest BCUT2D eigenvalue weighted by atomic mass is 19.1. The Balaban J connectivity index is 1.51. The number of rotatable bonds is 4. The molecule has 4 fully saturated rings. The fourth-order valence-electron chi connectivity index (χ4n) is 5.92. The van der Waals surface area contributed by atoms with E-state index in [0.29, 0.717) is 45.7 Å². The fraction of sp³-hybridized carbons (Fsp3) is 0.500. The molecule has 3 aromatic heterocycles. The number of aromatic amines is 1. The molecule has 4 aliphatic carbocycles. The van der Waals surface area contributed by atoms with Crippen LogP contribution in [0.4, 0.5) is 20.3 Å². The van der Waals surface area contributed by atoms with E-state index in [4.69, 9.17) is 6.57 Å². The lowest BCUT2D eigenvalue weighted by molar-refractivity contribution is 0.0926. The Labute approximate surface area is 184 Å². The van der Waals surface area contributed by atoms with Gasteiger partial charge in [-0.2, -0.15) is 4.39 Å². The van der Waals surface area contributed by atoms with Crippen LogP contribution in [0.5, 0.6) is 0 Å². The van der Waals surface area contributed by atoms with Crippen LogP contribution in [-0.4, -0.2) is 26.0 Å². The number of aromatic nitrogens is 4. The van der Waals surface area contributed by atoms with Crippen molar-refractivity contribution in [3.63, 3.8) is 0 Å². The minimum atomic E-state index is -0.711. The third-order valence-corrected chi connectivity index (χ3v) is 7.79. The van der Waals surface area contributed by atoms with E-state index in [2.05, 4.69) is 37.0 Å². The molecule has 0 unspecified atom stereocenters. The van der Waals surface area contributed by atoms with Gasteiger partial charge in [-0.1, -0.05) is 6.92 Å². The maximum Gasteiger partial charge on any atom is 0.232 e. The van der Waals surface area contributed by atoms with E-state index in [1.54, 1.807) is 6.20 Å². The van der Waals surface area contributed by atoms with Gasteiger partial charge in [0.2, 0.25) is 11.6 Å². The van der Waals surface area contributed by atoms with Gasteiger partial charge in [0, 0.05) is 23.4 Å². The quantitative estimate of drug-likeness (QED) is 0.497. The highest BCUT2D eigenvalue weighted by Crippen LogP contribution is 2.51. The van der Waals surface area contributed by atoms with Crippen molar-refractivity contribution in [1.29, 1.82) is 0 Å². The fourth-order valence-corrected chi connectivity index (χ4v) is 5.92. The Bertz CT molecular complexity index is 1250. The van der Waals surface area contributed by atoms with Crippen LogP contribution in [-0.2, 0) is 0 Å². The van der Waals surface area contributed by atoms with Gasteiger partial charge in [-0.3, -0.25) is 0 Å². The highest BCUT2D eigenvalue weighted by molar-refractivity contribution is 5.94. The monoisotopic (exact) mass is 434 g/mol. The molecule has 2 N–H and O–H groups in total. The predicted molar refractivity (Wildman–Crippen MR) is 117 cm³/mol. The summed E-state index contributed by atoms with van der Waals surface area (Å²) in [5.74, 6) is 0.734. The molecule has 0 saturated heterocycles. The minimum absolute atomic E-state index is 0.0228. The lowest BCUT2D eigenvalue weighted by Crippen LogP contribution is -2.47. The first-order valence-corrected chi connectivity index (χ1v) is 11.4. The van der Waals surface area contributed by atoms with Gasteiger partial charge in [0.15, 0.2) is 17.3 Å². The molecule has 0 amide bonds. The van der Waals surface area contributed by atoms with Crippen molar-refractivity contribution >= 4 is 22.7 Å². The summed E-state index contributed by atoms with van der Waals surface area (Å²) < 4.78 is 29.6. The van der Waals surface area contributed by atoms with Gasteiger partial charge < -0.3 is 10.3 Å². The molecule has 164 valence electrons. The molecule has 6 nitrogen and oxygen atoms in total. The van der Waals surface area contributed by atoms with Crippen LogP contribution in [0.3, 0.4) is 0 Å². The molecule has 0 radical (unpaired) electrons. The van der Waals surface area contributed by atoms with Gasteiger partial charge in [-0.15, -0.1) is 0 Å². The maximum atomic E-state index is 15.8. The molecule has 0 spiro atoms. The zero-order chi connectivity index (χ0) is 22.0. The lowest BCUT2D eigenvalue weighted by Gasteiger charge is -2.47. The van der Waals surface area contributed by atoms with E-state index in [9.17, 15) is 4.39 Å². The van der Waals surface area contributed by atoms with Crippen molar-refractivity contribution in [2.24, 2.45) is 17.8 Å². The van der Waals surface area contributed by atoms with Crippen LogP contribution >= 0.6 is 0 Å². The molecule has 4 aliphatic rings. The smallest absolute Gasteiger partial charge is 0.232 e. The predicted octanol–water partition coefficient (Wildman–Crippen LogP) is 5.96. The average Bonchev–Trinajstić information content (AvgIpc) is 3.56. The Morgan fingerprint density at radius 2 is 1.84 bits per heavy atom. The zero-order valence-electron chi connectivity index (χ0n) is 17.8. The van der Waals surface area contributed by atoms with E-state index in [-0.39, 0.29) is 23.5 Å². The van der Waals surface area contributed by atoms with Crippen LogP contribution in [0.1, 0.15) is 56.9 Å². The summed E-state index contributed by atoms with van der Waals surface area (Å²) in [4.78, 5) is 19.3. The first kappa shape index (κ1) is 19.6. The molecule has 3 aromatic rings. The van der Waals surface area contributed by atoms with Gasteiger partial charge in [0.05, 0.1) is 18.5 Å². The highest BCUT2D eigenvalue weighted by Gasteiger charge is 2.42. The molecule has 2 bridgehead atoms. The van der Waals surface area contributed by atoms with Gasteiger partial charge >= 0.3 is 0 Å². The molecule has 0 aromatic carbocycles. The Morgan fingerprint density at radius 1 is 1.09 bits per heavy atom. The van der Waals surface area contributed by atoms with Crippen LogP contribution in [0.2, 0.25) is 0 Å². The van der Waals surface area contributed by atoms with Crippen LogP contribution < -0.4 is 5.32 Å². The minimum Gasteiger partial charge on any atom is -0.364 e. The number of hydrogen-bond donors (Lipinski definition) is 2. The zero-order valence-corrected chi connectivity index (χ0v) is 17.8. The van der Waals surface area contributed by atoms with E-state index >= 15 is 4.39 Å².